The maximum Gasteiger partial charge on any atom is 0.295 e. The normalized spacial score (nSPS) is 17.7. The molecule has 1 aliphatic rings. The molecule has 2 aromatic carbocycles. The Labute approximate surface area is 180 Å². The predicted octanol–water partition coefficient (Wildman–Crippen LogP) is 4.02. The third kappa shape index (κ3) is 3.92. The Morgan fingerprint density at radius 3 is 2.39 bits per heavy atom. The van der Waals surface area contributed by atoms with Crippen LogP contribution in [-0.4, -0.2) is 33.8 Å². The van der Waals surface area contributed by atoms with Gasteiger partial charge in [0.15, 0.2) is 0 Å². The maximum atomic E-state index is 13.0. The Kier molecular flexibility index (Phi) is 5.54. The van der Waals surface area contributed by atoms with Crippen molar-refractivity contribution in [3.63, 3.8) is 0 Å². The molecule has 1 amide bonds. The molecule has 1 atom stereocenters. The highest BCUT2D eigenvalue weighted by atomic mass is 16.5. The number of carbonyl (C=O) groups is 2. The van der Waals surface area contributed by atoms with Crippen molar-refractivity contribution >= 4 is 17.4 Å². The van der Waals surface area contributed by atoms with Crippen LogP contribution in [0.3, 0.4) is 0 Å². The number of hydrogen-bond donors (Lipinski definition) is 1. The molecule has 0 spiro atoms. The van der Waals surface area contributed by atoms with Crippen molar-refractivity contribution < 1.29 is 19.4 Å². The first-order chi connectivity index (χ1) is 15.0. The molecule has 1 N–H and O–H groups in total. The smallest absolute Gasteiger partial charge is 0.295 e. The molecular formula is C25H22N2O4. The quantitative estimate of drug-likeness (QED) is 0.388. The minimum atomic E-state index is -0.706. The summed E-state index contributed by atoms with van der Waals surface area (Å²) in [6.07, 6.45) is 3.31. The van der Waals surface area contributed by atoms with Gasteiger partial charge in [-0.1, -0.05) is 35.9 Å². The monoisotopic (exact) mass is 414 g/mol. The molecule has 1 saturated heterocycles. The molecule has 0 unspecified atom stereocenters. The van der Waals surface area contributed by atoms with Gasteiger partial charge in [-0.3, -0.25) is 14.6 Å². The Bertz CT molecular complexity index is 1140. The molecule has 4 rings (SSSR count). The summed E-state index contributed by atoms with van der Waals surface area (Å²) in [6.45, 7) is 2.17. The van der Waals surface area contributed by atoms with Gasteiger partial charge in [0.1, 0.15) is 11.5 Å². The second-order valence-electron chi connectivity index (χ2n) is 7.43. The van der Waals surface area contributed by atoms with E-state index in [1.807, 2.05) is 37.3 Å². The van der Waals surface area contributed by atoms with Crippen LogP contribution in [0.1, 0.15) is 28.3 Å². The molecule has 6 heteroatoms. The standard InChI is InChI=1S/C25H22N2O4/c1-16-5-7-18(8-6-16)22-21(23(28)19-9-11-20(31-2)12-10-19)24(29)25(30)27(22)15-17-4-3-13-26-14-17/h3-14,22,28H,15H2,1-2H3/t22-/m1/s1. The minimum Gasteiger partial charge on any atom is -0.507 e. The number of ketones is 1. The van der Waals surface area contributed by atoms with Gasteiger partial charge in [0.25, 0.3) is 11.7 Å². The van der Waals surface area contributed by atoms with Gasteiger partial charge < -0.3 is 14.7 Å². The van der Waals surface area contributed by atoms with Crippen LogP contribution < -0.4 is 4.74 Å². The van der Waals surface area contributed by atoms with Gasteiger partial charge in [0, 0.05) is 24.5 Å². The van der Waals surface area contributed by atoms with Crippen LogP contribution in [0.15, 0.2) is 78.6 Å². The first kappa shape index (κ1) is 20.3. The van der Waals surface area contributed by atoms with Crippen molar-refractivity contribution in [1.82, 2.24) is 9.88 Å². The van der Waals surface area contributed by atoms with Crippen LogP contribution >= 0.6 is 0 Å². The molecule has 0 saturated carbocycles. The number of aromatic nitrogens is 1. The summed E-state index contributed by atoms with van der Waals surface area (Å²) < 4.78 is 5.16. The van der Waals surface area contributed by atoms with E-state index in [-0.39, 0.29) is 17.9 Å². The lowest BCUT2D eigenvalue weighted by Crippen LogP contribution is -2.29. The molecule has 1 aliphatic heterocycles. The number of pyridine rings is 1. The van der Waals surface area contributed by atoms with Gasteiger partial charge in [-0.15, -0.1) is 0 Å². The number of benzene rings is 2. The largest absolute Gasteiger partial charge is 0.507 e. The van der Waals surface area contributed by atoms with E-state index >= 15 is 0 Å². The molecule has 1 aromatic heterocycles. The predicted molar refractivity (Wildman–Crippen MR) is 116 cm³/mol. The van der Waals surface area contributed by atoms with Crippen LogP contribution in [0.5, 0.6) is 5.75 Å². The Balaban J connectivity index is 1.84. The molecule has 6 nitrogen and oxygen atoms in total. The van der Waals surface area contributed by atoms with Crippen molar-refractivity contribution in [1.29, 1.82) is 0 Å². The number of carbonyl (C=O) groups excluding carboxylic acids is 2. The third-order valence-electron chi connectivity index (χ3n) is 5.37. The summed E-state index contributed by atoms with van der Waals surface area (Å²) >= 11 is 0. The average molecular weight is 414 g/mol. The zero-order valence-corrected chi connectivity index (χ0v) is 17.3. The first-order valence-electron chi connectivity index (χ1n) is 9.88. The lowest BCUT2D eigenvalue weighted by atomic mass is 9.94. The van der Waals surface area contributed by atoms with E-state index in [1.165, 1.54) is 4.90 Å². The fourth-order valence-corrected chi connectivity index (χ4v) is 3.73. The van der Waals surface area contributed by atoms with Gasteiger partial charge in [-0.2, -0.15) is 0 Å². The first-order valence-corrected chi connectivity index (χ1v) is 9.88. The number of aryl methyl sites for hydroxylation is 1. The van der Waals surface area contributed by atoms with Crippen LogP contribution in [0.25, 0.3) is 5.76 Å². The van der Waals surface area contributed by atoms with Gasteiger partial charge in [0.05, 0.1) is 18.7 Å². The number of Topliss-reactive ketones (excluding diaryl/α,β-unsaturated/α-hetero) is 1. The van der Waals surface area contributed by atoms with Crippen molar-refractivity contribution in [3.05, 3.63) is 101 Å². The van der Waals surface area contributed by atoms with Crippen molar-refractivity contribution in [2.75, 3.05) is 7.11 Å². The highest BCUT2D eigenvalue weighted by Gasteiger charge is 2.46. The third-order valence-corrected chi connectivity index (χ3v) is 5.37. The lowest BCUT2D eigenvalue weighted by Gasteiger charge is -2.25. The van der Waals surface area contributed by atoms with E-state index < -0.39 is 17.7 Å². The Hall–Kier alpha value is -3.93. The number of amides is 1. The number of aliphatic hydroxyl groups excluding tert-OH is 1. The van der Waals surface area contributed by atoms with E-state index in [1.54, 1.807) is 49.8 Å². The topological polar surface area (TPSA) is 79.7 Å². The number of aliphatic hydroxyl groups is 1. The molecule has 0 bridgehead atoms. The van der Waals surface area contributed by atoms with Crippen LogP contribution in [0.2, 0.25) is 0 Å². The summed E-state index contributed by atoms with van der Waals surface area (Å²) in [6, 6.07) is 17.2. The van der Waals surface area contributed by atoms with Gasteiger partial charge in [-0.05, 0) is 48.4 Å². The van der Waals surface area contributed by atoms with E-state index in [4.69, 9.17) is 4.74 Å². The summed E-state index contributed by atoms with van der Waals surface area (Å²) in [4.78, 5) is 31.6. The summed E-state index contributed by atoms with van der Waals surface area (Å²) in [5.74, 6) is -0.934. The van der Waals surface area contributed by atoms with Crippen LogP contribution in [0.4, 0.5) is 0 Å². The number of likely N-dealkylation sites (tertiary alicyclic amines) is 1. The SMILES string of the molecule is COc1ccc(C(O)=C2C(=O)C(=O)N(Cc3cccnc3)[C@@H]2c2ccc(C)cc2)cc1. The highest BCUT2D eigenvalue weighted by molar-refractivity contribution is 6.46. The average Bonchev–Trinajstić information content (AvgIpc) is 3.05. The van der Waals surface area contributed by atoms with E-state index in [0.29, 0.717) is 11.3 Å². The number of ether oxygens (including phenoxy) is 1. The Morgan fingerprint density at radius 1 is 1.06 bits per heavy atom. The van der Waals surface area contributed by atoms with Crippen LogP contribution in [-0.2, 0) is 16.1 Å². The lowest BCUT2D eigenvalue weighted by molar-refractivity contribution is -0.140. The summed E-state index contributed by atoms with van der Waals surface area (Å²) in [7, 11) is 1.55. The van der Waals surface area contributed by atoms with Crippen molar-refractivity contribution in [2.24, 2.45) is 0 Å². The maximum absolute atomic E-state index is 13.0. The van der Waals surface area contributed by atoms with Crippen LogP contribution in [0, 0.1) is 6.92 Å². The van der Waals surface area contributed by atoms with Gasteiger partial charge in [0.2, 0.25) is 0 Å². The second-order valence-corrected chi connectivity index (χ2v) is 7.43. The molecule has 1 fully saturated rings. The molecule has 31 heavy (non-hydrogen) atoms. The molecular weight excluding hydrogens is 392 g/mol. The highest BCUT2D eigenvalue weighted by Crippen LogP contribution is 2.40. The fraction of sp³-hybridized carbons (Fsp3) is 0.160. The molecule has 0 aliphatic carbocycles. The van der Waals surface area contributed by atoms with Crippen molar-refractivity contribution in [3.8, 4) is 5.75 Å². The second kappa shape index (κ2) is 8.44. The number of methoxy groups -OCH3 is 1. The zero-order valence-electron chi connectivity index (χ0n) is 17.3. The van der Waals surface area contributed by atoms with E-state index in [0.717, 1.165) is 16.7 Å². The zero-order chi connectivity index (χ0) is 22.0. The Morgan fingerprint density at radius 2 is 1.77 bits per heavy atom. The minimum absolute atomic E-state index is 0.0721. The summed E-state index contributed by atoms with van der Waals surface area (Å²) in [5, 5.41) is 11.1. The van der Waals surface area contributed by atoms with E-state index in [2.05, 4.69) is 4.98 Å². The fourth-order valence-electron chi connectivity index (χ4n) is 3.73. The molecule has 3 aromatic rings. The van der Waals surface area contributed by atoms with Crippen molar-refractivity contribution in [2.45, 2.75) is 19.5 Å². The van der Waals surface area contributed by atoms with Gasteiger partial charge in [-0.25, -0.2) is 0 Å². The summed E-state index contributed by atoms with van der Waals surface area (Å²) in [5.41, 5.74) is 3.12. The van der Waals surface area contributed by atoms with E-state index in [9.17, 15) is 14.7 Å². The number of hydrogen-bond acceptors (Lipinski definition) is 5. The number of rotatable bonds is 5. The molecule has 0 radical (unpaired) electrons. The molecule has 2 heterocycles. The number of nitrogens with zero attached hydrogens (tertiary/aromatic N) is 2. The van der Waals surface area contributed by atoms with Gasteiger partial charge >= 0.3 is 0 Å². The molecule has 156 valence electrons.